The van der Waals surface area contributed by atoms with Gasteiger partial charge in [-0.25, -0.2) is 0 Å². The van der Waals surface area contributed by atoms with Crippen LogP contribution in [0.1, 0.15) is 51.4 Å². The third-order valence-corrected chi connectivity index (χ3v) is 4.44. The molecule has 0 radical (unpaired) electrons. The molecule has 2 N–H and O–H groups in total. The fourth-order valence-corrected chi connectivity index (χ4v) is 3.45. The van der Waals surface area contributed by atoms with Crippen LogP contribution in [-0.4, -0.2) is 29.4 Å². The van der Waals surface area contributed by atoms with Gasteiger partial charge in [0, 0.05) is 17.2 Å². The van der Waals surface area contributed by atoms with Crippen molar-refractivity contribution in [3.8, 4) is 0 Å². The molecule has 0 aliphatic heterocycles. The molecule has 0 aromatic heterocycles. The van der Waals surface area contributed by atoms with Gasteiger partial charge in [-0.1, -0.05) is 37.6 Å². The van der Waals surface area contributed by atoms with Crippen LogP contribution < -0.4 is 5.32 Å². The summed E-state index contributed by atoms with van der Waals surface area (Å²) in [6.07, 6.45) is 2.45. The number of aliphatic hydroxyl groups is 1. The third-order valence-electron chi connectivity index (χ3n) is 3.44. The highest BCUT2D eigenvalue weighted by Gasteiger charge is 2.22. The van der Waals surface area contributed by atoms with Gasteiger partial charge in [0.15, 0.2) is 0 Å². The number of allylic oxidation sites excluding steroid dienone is 1. The second-order valence-electron chi connectivity index (χ2n) is 6.99. The number of hydrogen-bond donors (Lipinski definition) is 2. The molecule has 0 aliphatic rings. The Morgan fingerprint density at radius 2 is 2.00 bits per heavy atom. The Kier molecular flexibility index (Phi) is 7.86. The van der Waals surface area contributed by atoms with Gasteiger partial charge in [0.05, 0.1) is 11.7 Å². The zero-order chi connectivity index (χ0) is 17.5. The Labute approximate surface area is 144 Å². The van der Waals surface area contributed by atoms with E-state index in [2.05, 4.69) is 39.1 Å². The molecule has 0 spiro atoms. The van der Waals surface area contributed by atoms with Crippen molar-refractivity contribution in [3.63, 3.8) is 0 Å². The van der Waals surface area contributed by atoms with Gasteiger partial charge in [-0.15, -0.1) is 11.8 Å². The van der Waals surface area contributed by atoms with Crippen LogP contribution in [0.4, 0.5) is 0 Å². The number of amides is 1. The van der Waals surface area contributed by atoms with Crippen molar-refractivity contribution in [2.24, 2.45) is 5.41 Å². The van der Waals surface area contributed by atoms with E-state index in [1.807, 2.05) is 24.3 Å². The lowest BCUT2D eigenvalue weighted by atomic mass is 9.87. The zero-order valence-corrected chi connectivity index (χ0v) is 15.7. The van der Waals surface area contributed by atoms with Crippen LogP contribution in [0.3, 0.4) is 0 Å². The monoisotopic (exact) mass is 335 g/mol. The first-order valence-corrected chi connectivity index (χ1v) is 9.01. The molecule has 1 unspecified atom stereocenters. The van der Waals surface area contributed by atoms with E-state index in [0.29, 0.717) is 18.5 Å². The molecule has 1 rings (SSSR count). The van der Waals surface area contributed by atoms with E-state index < -0.39 is 0 Å². The maximum absolute atomic E-state index is 12.5. The van der Waals surface area contributed by atoms with Gasteiger partial charge < -0.3 is 10.4 Å². The Hall–Kier alpha value is -1.26. The fraction of sp³-hybridized carbons (Fsp3) is 0.526. The number of rotatable bonds is 8. The molecule has 1 aromatic carbocycles. The van der Waals surface area contributed by atoms with Crippen molar-refractivity contribution >= 4 is 17.7 Å². The first kappa shape index (κ1) is 19.8. The van der Waals surface area contributed by atoms with Crippen molar-refractivity contribution < 1.29 is 9.90 Å². The highest BCUT2D eigenvalue weighted by molar-refractivity contribution is 7.99. The molecule has 1 atom stereocenters. The SMILES string of the molecule is CC(C)=CCSc1ccccc1C(=O)NCC(C)(C)CC(C)O. The first-order chi connectivity index (χ1) is 10.7. The lowest BCUT2D eigenvalue weighted by Crippen LogP contribution is -2.35. The minimum Gasteiger partial charge on any atom is -0.393 e. The van der Waals surface area contributed by atoms with Gasteiger partial charge in [-0.3, -0.25) is 4.79 Å². The van der Waals surface area contributed by atoms with Crippen LogP contribution in [0.15, 0.2) is 40.8 Å². The van der Waals surface area contributed by atoms with Crippen molar-refractivity contribution in [2.75, 3.05) is 12.3 Å². The molecule has 0 saturated heterocycles. The van der Waals surface area contributed by atoms with Crippen LogP contribution in [0.5, 0.6) is 0 Å². The summed E-state index contributed by atoms with van der Waals surface area (Å²) in [7, 11) is 0. The minimum atomic E-state index is -0.367. The highest BCUT2D eigenvalue weighted by Crippen LogP contribution is 2.24. The summed E-state index contributed by atoms with van der Waals surface area (Å²) >= 11 is 1.67. The average molecular weight is 336 g/mol. The van der Waals surface area contributed by atoms with Crippen LogP contribution in [0.25, 0.3) is 0 Å². The number of aliphatic hydroxyl groups excluding tert-OH is 1. The molecule has 0 aliphatic carbocycles. The summed E-state index contributed by atoms with van der Waals surface area (Å²) in [5.74, 6) is 0.809. The number of benzene rings is 1. The van der Waals surface area contributed by atoms with Crippen molar-refractivity contribution in [1.82, 2.24) is 5.32 Å². The Balaban J connectivity index is 2.71. The maximum atomic E-state index is 12.5. The van der Waals surface area contributed by atoms with Gasteiger partial charge in [-0.05, 0) is 44.7 Å². The topological polar surface area (TPSA) is 49.3 Å². The minimum absolute atomic E-state index is 0.0519. The van der Waals surface area contributed by atoms with Gasteiger partial charge in [-0.2, -0.15) is 0 Å². The molecule has 1 aromatic rings. The Morgan fingerprint density at radius 1 is 1.35 bits per heavy atom. The van der Waals surface area contributed by atoms with E-state index >= 15 is 0 Å². The summed E-state index contributed by atoms with van der Waals surface area (Å²) in [6, 6.07) is 7.70. The molecule has 0 saturated carbocycles. The quantitative estimate of drug-likeness (QED) is 0.551. The number of carbonyl (C=O) groups excluding carboxylic acids is 1. The largest absolute Gasteiger partial charge is 0.393 e. The standard InChI is InChI=1S/C19H29NO2S/c1-14(2)10-11-23-17-9-7-6-8-16(17)18(22)20-13-19(4,5)12-15(3)21/h6-10,15,21H,11-13H2,1-5H3,(H,20,22). The van der Waals surface area contributed by atoms with Crippen molar-refractivity contribution in [2.45, 2.75) is 52.0 Å². The number of nitrogens with one attached hydrogen (secondary N) is 1. The molecule has 3 nitrogen and oxygen atoms in total. The predicted octanol–water partition coefficient (Wildman–Crippen LogP) is 4.27. The van der Waals surface area contributed by atoms with Gasteiger partial charge >= 0.3 is 0 Å². The molecular formula is C19H29NO2S. The summed E-state index contributed by atoms with van der Waals surface area (Å²) in [5, 5.41) is 12.5. The lowest BCUT2D eigenvalue weighted by molar-refractivity contribution is 0.0899. The van der Waals surface area contributed by atoms with E-state index in [1.165, 1.54) is 5.57 Å². The second kappa shape index (κ2) is 9.14. The molecular weight excluding hydrogens is 306 g/mol. The summed E-state index contributed by atoms with van der Waals surface area (Å²) in [6.45, 7) is 10.6. The Morgan fingerprint density at radius 3 is 2.61 bits per heavy atom. The molecule has 0 bridgehead atoms. The maximum Gasteiger partial charge on any atom is 0.252 e. The Bertz CT molecular complexity index is 546. The third kappa shape index (κ3) is 7.71. The molecule has 128 valence electrons. The van der Waals surface area contributed by atoms with Crippen LogP contribution in [0.2, 0.25) is 0 Å². The number of hydrogen-bond acceptors (Lipinski definition) is 3. The highest BCUT2D eigenvalue weighted by atomic mass is 32.2. The molecule has 0 fully saturated rings. The second-order valence-corrected chi connectivity index (χ2v) is 8.05. The normalized spacial score (nSPS) is 12.6. The predicted molar refractivity (Wildman–Crippen MR) is 99.0 cm³/mol. The van der Waals surface area contributed by atoms with Crippen molar-refractivity contribution in [1.29, 1.82) is 0 Å². The van der Waals surface area contributed by atoms with E-state index in [9.17, 15) is 9.90 Å². The number of thioether (sulfide) groups is 1. The van der Waals surface area contributed by atoms with Crippen LogP contribution in [0, 0.1) is 5.41 Å². The van der Waals surface area contributed by atoms with Gasteiger partial charge in [0.2, 0.25) is 0 Å². The van der Waals surface area contributed by atoms with E-state index in [4.69, 9.17) is 0 Å². The summed E-state index contributed by atoms with van der Waals surface area (Å²) in [4.78, 5) is 13.5. The molecule has 1 amide bonds. The summed E-state index contributed by atoms with van der Waals surface area (Å²) in [5.41, 5.74) is 1.86. The van der Waals surface area contributed by atoms with E-state index in [0.717, 1.165) is 10.6 Å². The van der Waals surface area contributed by atoms with Gasteiger partial charge in [0.25, 0.3) is 5.91 Å². The summed E-state index contributed by atoms with van der Waals surface area (Å²) < 4.78 is 0. The molecule has 4 heteroatoms. The van der Waals surface area contributed by atoms with Crippen LogP contribution >= 0.6 is 11.8 Å². The number of carbonyl (C=O) groups is 1. The molecule has 23 heavy (non-hydrogen) atoms. The fourth-order valence-electron chi connectivity index (χ4n) is 2.36. The first-order valence-electron chi connectivity index (χ1n) is 8.03. The van der Waals surface area contributed by atoms with Gasteiger partial charge in [0.1, 0.15) is 0 Å². The average Bonchev–Trinajstić information content (AvgIpc) is 2.43. The van der Waals surface area contributed by atoms with Crippen LogP contribution in [-0.2, 0) is 0 Å². The van der Waals surface area contributed by atoms with Crippen molar-refractivity contribution in [3.05, 3.63) is 41.5 Å². The van der Waals surface area contributed by atoms with E-state index in [1.54, 1.807) is 18.7 Å². The smallest absolute Gasteiger partial charge is 0.252 e. The molecule has 0 heterocycles. The lowest BCUT2D eigenvalue weighted by Gasteiger charge is -2.26. The van der Waals surface area contributed by atoms with E-state index in [-0.39, 0.29) is 17.4 Å². The zero-order valence-electron chi connectivity index (χ0n) is 14.8.